The highest BCUT2D eigenvalue weighted by Crippen LogP contribution is 2.34. The second-order valence-electron chi connectivity index (χ2n) is 4.35. The molecular formula is C15H10BrClN2O. The molecule has 0 N–H and O–H groups in total. The summed E-state index contributed by atoms with van der Waals surface area (Å²) in [5.41, 5.74) is 1.78. The fraction of sp³-hybridized carbons (Fsp3) is 0.0667. The minimum absolute atomic E-state index is 0.505. The lowest BCUT2D eigenvalue weighted by Gasteiger charge is -2.10. The van der Waals surface area contributed by atoms with E-state index < -0.39 is 0 Å². The van der Waals surface area contributed by atoms with Gasteiger partial charge in [-0.2, -0.15) is 0 Å². The first kappa shape index (κ1) is 13.3. The van der Waals surface area contributed by atoms with E-state index in [1.54, 1.807) is 24.5 Å². The molecule has 0 fully saturated rings. The first-order chi connectivity index (χ1) is 9.65. The number of pyridine rings is 2. The van der Waals surface area contributed by atoms with E-state index in [4.69, 9.17) is 16.3 Å². The molecule has 3 nitrogen and oxygen atoms in total. The van der Waals surface area contributed by atoms with Gasteiger partial charge in [0.15, 0.2) is 5.75 Å². The van der Waals surface area contributed by atoms with Gasteiger partial charge in [0.1, 0.15) is 5.52 Å². The molecule has 5 heteroatoms. The van der Waals surface area contributed by atoms with Crippen LogP contribution in [0.15, 0.2) is 47.2 Å². The van der Waals surface area contributed by atoms with Crippen LogP contribution in [0.1, 0.15) is 5.56 Å². The molecule has 2 aromatic heterocycles. The van der Waals surface area contributed by atoms with Crippen LogP contribution in [0, 0.1) is 6.92 Å². The molecule has 0 saturated carbocycles. The number of ether oxygens (including phenoxy) is 1. The standard InChI is InChI=1S/C15H10BrClN2O/c1-9-7-11(16)15(19-8-9)20-13-5-4-12(17)10-3-2-6-18-14(10)13/h2-8H,1H3. The van der Waals surface area contributed by atoms with E-state index >= 15 is 0 Å². The summed E-state index contributed by atoms with van der Waals surface area (Å²) < 4.78 is 6.66. The second kappa shape index (κ2) is 5.38. The van der Waals surface area contributed by atoms with Crippen LogP contribution in [0.5, 0.6) is 11.6 Å². The van der Waals surface area contributed by atoms with Gasteiger partial charge in [0, 0.05) is 17.8 Å². The molecule has 0 spiro atoms. The van der Waals surface area contributed by atoms with Crippen molar-refractivity contribution in [2.75, 3.05) is 0 Å². The largest absolute Gasteiger partial charge is 0.436 e. The molecule has 3 aromatic rings. The highest BCUT2D eigenvalue weighted by molar-refractivity contribution is 9.10. The third-order valence-electron chi connectivity index (χ3n) is 2.83. The predicted molar refractivity (Wildman–Crippen MR) is 83.5 cm³/mol. The van der Waals surface area contributed by atoms with Crippen molar-refractivity contribution in [3.63, 3.8) is 0 Å². The van der Waals surface area contributed by atoms with Gasteiger partial charge in [0.2, 0.25) is 5.88 Å². The molecule has 0 atom stereocenters. The van der Waals surface area contributed by atoms with Gasteiger partial charge in [-0.25, -0.2) is 4.98 Å². The van der Waals surface area contributed by atoms with Gasteiger partial charge in [-0.1, -0.05) is 11.6 Å². The normalized spacial score (nSPS) is 10.8. The topological polar surface area (TPSA) is 35.0 Å². The Morgan fingerprint density at radius 2 is 2.05 bits per heavy atom. The van der Waals surface area contributed by atoms with Gasteiger partial charge in [0.05, 0.1) is 9.50 Å². The molecule has 0 aliphatic carbocycles. The maximum Gasteiger partial charge on any atom is 0.233 e. The number of aromatic nitrogens is 2. The Morgan fingerprint density at radius 1 is 1.20 bits per heavy atom. The van der Waals surface area contributed by atoms with Crippen molar-refractivity contribution in [1.29, 1.82) is 0 Å². The zero-order valence-electron chi connectivity index (χ0n) is 10.6. The molecule has 0 radical (unpaired) electrons. The van der Waals surface area contributed by atoms with Crippen LogP contribution in [-0.4, -0.2) is 9.97 Å². The highest BCUT2D eigenvalue weighted by atomic mass is 79.9. The molecule has 3 rings (SSSR count). The Bertz CT molecular complexity index is 792. The maximum absolute atomic E-state index is 6.16. The van der Waals surface area contributed by atoms with Crippen molar-refractivity contribution in [3.8, 4) is 11.6 Å². The molecule has 0 aliphatic heterocycles. The molecule has 0 amide bonds. The zero-order chi connectivity index (χ0) is 14.1. The zero-order valence-corrected chi connectivity index (χ0v) is 12.9. The number of hydrogen-bond acceptors (Lipinski definition) is 3. The number of hydrogen-bond donors (Lipinski definition) is 0. The van der Waals surface area contributed by atoms with Gasteiger partial charge < -0.3 is 4.74 Å². The van der Waals surface area contributed by atoms with Crippen LogP contribution in [0.3, 0.4) is 0 Å². The first-order valence-corrected chi connectivity index (χ1v) is 7.15. The second-order valence-corrected chi connectivity index (χ2v) is 5.61. The Morgan fingerprint density at radius 3 is 2.85 bits per heavy atom. The summed E-state index contributed by atoms with van der Waals surface area (Å²) in [6.07, 6.45) is 3.47. The fourth-order valence-corrected chi connectivity index (χ4v) is 2.65. The smallest absolute Gasteiger partial charge is 0.233 e. The van der Waals surface area contributed by atoms with Crippen LogP contribution < -0.4 is 4.74 Å². The van der Waals surface area contributed by atoms with Crippen molar-refractivity contribution in [3.05, 3.63) is 57.8 Å². The monoisotopic (exact) mass is 348 g/mol. The lowest BCUT2D eigenvalue weighted by molar-refractivity contribution is 0.463. The molecule has 0 saturated heterocycles. The third kappa shape index (κ3) is 2.49. The summed E-state index contributed by atoms with van der Waals surface area (Å²) in [4.78, 5) is 8.61. The molecule has 0 unspecified atom stereocenters. The predicted octanol–water partition coefficient (Wildman–Crippen LogP) is 5.15. The van der Waals surface area contributed by atoms with Gasteiger partial charge in [-0.3, -0.25) is 4.98 Å². The minimum Gasteiger partial charge on any atom is -0.436 e. The van der Waals surface area contributed by atoms with Crippen molar-refractivity contribution in [2.24, 2.45) is 0 Å². The van der Waals surface area contributed by atoms with E-state index in [0.29, 0.717) is 22.2 Å². The number of halogens is 2. The van der Waals surface area contributed by atoms with Crippen molar-refractivity contribution < 1.29 is 4.74 Å². The van der Waals surface area contributed by atoms with E-state index in [1.165, 1.54) is 0 Å². The summed E-state index contributed by atoms with van der Waals surface area (Å²) in [5, 5.41) is 1.51. The first-order valence-electron chi connectivity index (χ1n) is 5.98. The average Bonchev–Trinajstić information content (AvgIpc) is 2.45. The third-order valence-corrected chi connectivity index (χ3v) is 3.73. The van der Waals surface area contributed by atoms with Gasteiger partial charge in [-0.15, -0.1) is 0 Å². The Kier molecular flexibility index (Phi) is 3.59. The molecule has 0 bridgehead atoms. The van der Waals surface area contributed by atoms with E-state index in [1.807, 2.05) is 25.1 Å². The van der Waals surface area contributed by atoms with Crippen molar-refractivity contribution in [2.45, 2.75) is 6.92 Å². The minimum atomic E-state index is 0.505. The highest BCUT2D eigenvalue weighted by Gasteiger charge is 2.10. The quantitative estimate of drug-likeness (QED) is 0.642. The lowest BCUT2D eigenvalue weighted by Crippen LogP contribution is -1.92. The van der Waals surface area contributed by atoms with Crippen LogP contribution in [0.2, 0.25) is 5.02 Å². The van der Waals surface area contributed by atoms with E-state index in [9.17, 15) is 0 Å². The SMILES string of the molecule is Cc1cnc(Oc2ccc(Cl)c3cccnc23)c(Br)c1. The summed E-state index contributed by atoms with van der Waals surface area (Å²) in [6, 6.07) is 9.30. The van der Waals surface area contributed by atoms with E-state index in [2.05, 4.69) is 25.9 Å². The number of benzene rings is 1. The van der Waals surface area contributed by atoms with Crippen molar-refractivity contribution in [1.82, 2.24) is 9.97 Å². The van der Waals surface area contributed by atoms with Crippen molar-refractivity contribution >= 4 is 38.4 Å². The Balaban J connectivity index is 2.09. The maximum atomic E-state index is 6.16. The van der Waals surface area contributed by atoms with Gasteiger partial charge in [-0.05, 0) is 58.7 Å². The molecule has 0 aliphatic rings. The number of fused-ring (bicyclic) bond motifs is 1. The molecular weight excluding hydrogens is 340 g/mol. The fourth-order valence-electron chi connectivity index (χ4n) is 1.89. The molecule has 2 heterocycles. The summed E-state index contributed by atoms with van der Waals surface area (Å²) in [5.74, 6) is 1.13. The number of nitrogens with zero attached hydrogens (tertiary/aromatic N) is 2. The van der Waals surface area contributed by atoms with Gasteiger partial charge >= 0.3 is 0 Å². The molecule has 1 aromatic carbocycles. The molecule has 100 valence electrons. The number of rotatable bonds is 2. The van der Waals surface area contributed by atoms with E-state index in [0.717, 1.165) is 15.4 Å². The summed E-state index contributed by atoms with van der Waals surface area (Å²) in [7, 11) is 0. The number of aryl methyl sites for hydroxylation is 1. The summed E-state index contributed by atoms with van der Waals surface area (Å²) >= 11 is 9.61. The lowest BCUT2D eigenvalue weighted by atomic mass is 10.2. The average molecular weight is 350 g/mol. The van der Waals surface area contributed by atoms with E-state index in [-0.39, 0.29) is 0 Å². The Labute approximate surface area is 129 Å². The van der Waals surface area contributed by atoms with Gasteiger partial charge in [0.25, 0.3) is 0 Å². The van der Waals surface area contributed by atoms with Crippen LogP contribution >= 0.6 is 27.5 Å². The molecule has 20 heavy (non-hydrogen) atoms. The van der Waals surface area contributed by atoms with Crippen LogP contribution in [0.4, 0.5) is 0 Å². The Hall–Kier alpha value is -1.65. The summed E-state index contributed by atoms with van der Waals surface area (Å²) in [6.45, 7) is 1.97. The van der Waals surface area contributed by atoms with Crippen LogP contribution in [0.25, 0.3) is 10.9 Å². The van der Waals surface area contributed by atoms with Crippen LogP contribution in [-0.2, 0) is 0 Å².